The third-order valence-electron chi connectivity index (χ3n) is 5.48. The van der Waals surface area contributed by atoms with Crippen molar-refractivity contribution in [2.45, 2.75) is 12.8 Å². The number of hydrogen-bond acceptors (Lipinski definition) is 6. The zero-order valence-corrected chi connectivity index (χ0v) is 19.7. The molecule has 0 heterocycles. The molecule has 0 unspecified atom stereocenters. The topological polar surface area (TPSA) is 77.4 Å². The van der Waals surface area contributed by atoms with Crippen LogP contribution in [-0.2, 0) is 12.8 Å². The molecule has 6 nitrogen and oxygen atoms in total. The van der Waals surface area contributed by atoms with E-state index in [1.54, 1.807) is 0 Å². The van der Waals surface area contributed by atoms with Crippen molar-refractivity contribution in [3.63, 3.8) is 0 Å². The Balaban J connectivity index is 1.58. The SMILES string of the molecule is NCCNCCNCCNCCN(CCNCCc1ccccc1)CCc1ccccc1. The van der Waals surface area contributed by atoms with Crippen molar-refractivity contribution >= 4 is 0 Å². The van der Waals surface area contributed by atoms with Crippen LogP contribution in [0.2, 0.25) is 0 Å². The van der Waals surface area contributed by atoms with Crippen molar-refractivity contribution in [1.29, 1.82) is 0 Å². The second-order valence-corrected chi connectivity index (χ2v) is 8.10. The molecule has 0 amide bonds. The summed E-state index contributed by atoms with van der Waals surface area (Å²) < 4.78 is 0. The van der Waals surface area contributed by atoms with Gasteiger partial charge in [-0.25, -0.2) is 0 Å². The first-order valence-corrected chi connectivity index (χ1v) is 12.2. The molecule has 0 aromatic heterocycles. The molecule has 0 aliphatic carbocycles. The second kappa shape index (κ2) is 18.7. The first kappa shape index (κ1) is 26.5. The molecule has 178 valence electrons. The first-order valence-electron chi connectivity index (χ1n) is 12.2. The van der Waals surface area contributed by atoms with Crippen LogP contribution in [0.1, 0.15) is 11.1 Å². The summed E-state index contributed by atoms with van der Waals surface area (Å²) in [5.41, 5.74) is 8.28. The standard InChI is InChI=1S/C26H44N6/c27-13-15-29-16-17-30-18-19-31-21-24-32(22-12-26-9-5-2-6-10-26)23-20-28-14-11-25-7-3-1-4-8-25/h1-10,28-31H,11-24,27H2. The Morgan fingerprint density at radius 1 is 0.500 bits per heavy atom. The van der Waals surface area contributed by atoms with Gasteiger partial charge in [-0.2, -0.15) is 0 Å². The largest absolute Gasteiger partial charge is 0.329 e. The van der Waals surface area contributed by atoms with Crippen molar-refractivity contribution < 1.29 is 0 Å². The van der Waals surface area contributed by atoms with E-state index >= 15 is 0 Å². The lowest BCUT2D eigenvalue weighted by atomic mass is 10.1. The number of benzene rings is 2. The molecular weight excluding hydrogens is 396 g/mol. The van der Waals surface area contributed by atoms with Gasteiger partial charge in [0.1, 0.15) is 0 Å². The fourth-order valence-corrected chi connectivity index (χ4v) is 3.57. The van der Waals surface area contributed by atoms with Crippen LogP contribution in [0.25, 0.3) is 0 Å². The average Bonchev–Trinajstić information content (AvgIpc) is 2.84. The molecule has 0 saturated heterocycles. The molecule has 0 fully saturated rings. The second-order valence-electron chi connectivity index (χ2n) is 8.10. The van der Waals surface area contributed by atoms with Gasteiger partial charge in [0.05, 0.1) is 0 Å². The molecule has 2 rings (SSSR count). The Kier molecular flexibility index (Phi) is 15.5. The van der Waals surface area contributed by atoms with Crippen LogP contribution >= 0.6 is 0 Å². The van der Waals surface area contributed by atoms with Crippen LogP contribution in [0.5, 0.6) is 0 Å². The minimum atomic E-state index is 0.699. The molecule has 6 N–H and O–H groups in total. The zero-order chi connectivity index (χ0) is 22.5. The van der Waals surface area contributed by atoms with E-state index in [0.29, 0.717) is 6.54 Å². The van der Waals surface area contributed by atoms with Gasteiger partial charge in [-0.15, -0.1) is 0 Å². The van der Waals surface area contributed by atoms with Crippen LogP contribution in [0.15, 0.2) is 60.7 Å². The third kappa shape index (κ3) is 13.6. The van der Waals surface area contributed by atoms with Crippen LogP contribution in [0.4, 0.5) is 0 Å². The van der Waals surface area contributed by atoms with Gasteiger partial charge in [0.25, 0.3) is 0 Å². The van der Waals surface area contributed by atoms with Crippen LogP contribution in [-0.4, -0.2) is 83.4 Å². The molecule has 0 aliphatic rings. The van der Waals surface area contributed by atoms with Gasteiger partial charge < -0.3 is 31.9 Å². The lowest BCUT2D eigenvalue weighted by Gasteiger charge is -2.23. The summed E-state index contributed by atoms with van der Waals surface area (Å²) >= 11 is 0. The molecule has 0 saturated carbocycles. The van der Waals surface area contributed by atoms with E-state index in [9.17, 15) is 0 Å². The van der Waals surface area contributed by atoms with Gasteiger partial charge in [0, 0.05) is 72.0 Å². The Morgan fingerprint density at radius 2 is 0.969 bits per heavy atom. The molecule has 2 aromatic rings. The molecule has 2 aromatic carbocycles. The van der Waals surface area contributed by atoms with Crippen molar-refractivity contribution in [3.8, 4) is 0 Å². The quantitative estimate of drug-likeness (QED) is 0.199. The van der Waals surface area contributed by atoms with Crippen molar-refractivity contribution in [1.82, 2.24) is 26.2 Å². The predicted molar refractivity (Wildman–Crippen MR) is 137 cm³/mol. The number of hydrogen-bond donors (Lipinski definition) is 5. The lowest BCUT2D eigenvalue weighted by Crippen LogP contribution is -2.40. The maximum atomic E-state index is 5.47. The molecule has 0 spiro atoms. The van der Waals surface area contributed by atoms with Gasteiger partial charge in [-0.3, -0.25) is 0 Å². The normalized spacial score (nSPS) is 11.3. The lowest BCUT2D eigenvalue weighted by molar-refractivity contribution is 0.276. The van der Waals surface area contributed by atoms with E-state index in [0.717, 1.165) is 84.8 Å². The summed E-state index contributed by atoms with van der Waals surface area (Å²) in [6, 6.07) is 21.5. The summed E-state index contributed by atoms with van der Waals surface area (Å²) in [6.07, 6.45) is 2.18. The third-order valence-corrected chi connectivity index (χ3v) is 5.48. The molecular formula is C26H44N6. The number of nitrogens with zero attached hydrogens (tertiary/aromatic N) is 1. The summed E-state index contributed by atoms with van der Waals surface area (Å²) in [7, 11) is 0. The van der Waals surface area contributed by atoms with E-state index in [4.69, 9.17) is 5.73 Å². The molecule has 32 heavy (non-hydrogen) atoms. The Morgan fingerprint density at radius 3 is 1.53 bits per heavy atom. The summed E-state index contributed by atoms with van der Waals surface area (Å²) in [5.74, 6) is 0. The average molecular weight is 441 g/mol. The van der Waals surface area contributed by atoms with Crippen LogP contribution in [0.3, 0.4) is 0 Å². The van der Waals surface area contributed by atoms with E-state index in [2.05, 4.69) is 86.8 Å². The highest BCUT2D eigenvalue weighted by atomic mass is 15.1. The van der Waals surface area contributed by atoms with Gasteiger partial charge >= 0.3 is 0 Å². The molecule has 0 bridgehead atoms. The number of nitrogens with two attached hydrogens (primary N) is 1. The highest BCUT2D eigenvalue weighted by Crippen LogP contribution is 2.01. The first-order chi connectivity index (χ1) is 15.9. The van der Waals surface area contributed by atoms with Gasteiger partial charge in [-0.1, -0.05) is 60.7 Å². The Labute approximate surface area is 195 Å². The summed E-state index contributed by atoms with van der Waals surface area (Å²) in [5, 5.41) is 13.9. The van der Waals surface area contributed by atoms with Gasteiger partial charge in [0.15, 0.2) is 0 Å². The van der Waals surface area contributed by atoms with E-state index in [1.165, 1.54) is 11.1 Å². The maximum absolute atomic E-state index is 5.47. The van der Waals surface area contributed by atoms with Crippen molar-refractivity contribution in [2.24, 2.45) is 5.73 Å². The molecule has 0 radical (unpaired) electrons. The van der Waals surface area contributed by atoms with Crippen LogP contribution in [0, 0.1) is 0 Å². The monoisotopic (exact) mass is 440 g/mol. The van der Waals surface area contributed by atoms with Crippen molar-refractivity contribution in [2.75, 3.05) is 78.5 Å². The number of rotatable bonds is 20. The molecule has 0 aliphatic heterocycles. The highest BCUT2D eigenvalue weighted by molar-refractivity contribution is 5.15. The molecule has 0 atom stereocenters. The minimum absolute atomic E-state index is 0.699. The van der Waals surface area contributed by atoms with Gasteiger partial charge in [0.2, 0.25) is 0 Å². The Hall–Kier alpha value is -1.80. The zero-order valence-electron chi connectivity index (χ0n) is 19.7. The van der Waals surface area contributed by atoms with E-state index < -0.39 is 0 Å². The van der Waals surface area contributed by atoms with E-state index in [-0.39, 0.29) is 0 Å². The Bertz CT molecular complexity index is 652. The van der Waals surface area contributed by atoms with Crippen molar-refractivity contribution in [3.05, 3.63) is 71.8 Å². The fraction of sp³-hybridized carbons (Fsp3) is 0.538. The highest BCUT2D eigenvalue weighted by Gasteiger charge is 2.05. The van der Waals surface area contributed by atoms with Gasteiger partial charge in [-0.05, 0) is 30.5 Å². The fourth-order valence-electron chi connectivity index (χ4n) is 3.57. The number of nitrogens with one attached hydrogen (secondary N) is 4. The van der Waals surface area contributed by atoms with Crippen LogP contribution < -0.4 is 27.0 Å². The minimum Gasteiger partial charge on any atom is -0.329 e. The molecule has 6 heteroatoms. The maximum Gasteiger partial charge on any atom is 0.0108 e. The summed E-state index contributed by atoms with van der Waals surface area (Å²) in [6.45, 7) is 11.9. The van der Waals surface area contributed by atoms with E-state index in [1.807, 2.05) is 0 Å². The predicted octanol–water partition coefficient (Wildman–Crippen LogP) is 1.09. The summed E-state index contributed by atoms with van der Waals surface area (Å²) in [4.78, 5) is 2.57. The smallest absolute Gasteiger partial charge is 0.0108 e.